The van der Waals surface area contributed by atoms with Crippen molar-refractivity contribution in [3.8, 4) is 0 Å². The van der Waals surface area contributed by atoms with E-state index in [1.165, 1.54) is 0 Å². The highest BCUT2D eigenvalue weighted by Gasteiger charge is 2.15. The molecular weight excluding hydrogens is 239 g/mol. The summed E-state index contributed by atoms with van der Waals surface area (Å²) < 4.78 is -0.850. The molecule has 0 fully saturated rings. The number of halogens is 2. The second-order valence-electron chi connectivity index (χ2n) is 2.95. The van der Waals surface area contributed by atoms with Crippen molar-refractivity contribution in [1.29, 1.82) is 0 Å². The van der Waals surface area contributed by atoms with Gasteiger partial charge in [0.15, 0.2) is 0 Å². The van der Waals surface area contributed by atoms with Gasteiger partial charge in [-0.25, -0.2) is 0 Å². The predicted octanol–water partition coefficient (Wildman–Crippen LogP) is 2.99. The zero-order valence-corrected chi connectivity index (χ0v) is 9.06. The number of aliphatic hydroxyl groups is 1. The molecule has 0 aromatic heterocycles. The molecule has 66 valence electrons. The quantitative estimate of drug-likeness (QED) is 0.799. The van der Waals surface area contributed by atoms with Gasteiger partial charge in [-0.15, -0.1) is 0 Å². The van der Waals surface area contributed by atoms with Gasteiger partial charge in [0.2, 0.25) is 0 Å². The van der Waals surface area contributed by atoms with Crippen LogP contribution in [0.25, 0.3) is 0 Å². The Morgan fingerprint density at radius 3 is 2.75 bits per heavy atom. The molecule has 0 aliphatic rings. The van der Waals surface area contributed by atoms with Gasteiger partial charge in [-0.3, -0.25) is 0 Å². The fraction of sp³-hybridized carbons (Fsp3) is 0.333. The fourth-order valence-corrected chi connectivity index (χ4v) is 1.56. The third kappa shape index (κ3) is 3.57. The number of hydrogen-bond acceptors (Lipinski definition) is 1. The van der Waals surface area contributed by atoms with Crippen LogP contribution >= 0.6 is 27.5 Å². The van der Waals surface area contributed by atoms with Gasteiger partial charge in [0, 0.05) is 11.4 Å². The van der Waals surface area contributed by atoms with E-state index < -0.39 is 4.51 Å². The van der Waals surface area contributed by atoms with Crippen molar-refractivity contribution in [2.24, 2.45) is 0 Å². The Kier molecular flexibility index (Phi) is 3.16. The van der Waals surface area contributed by atoms with E-state index in [0.717, 1.165) is 5.56 Å². The van der Waals surface area contributed by atoms with Crippen molar-refractivity contribution in [1.82, 2.24) is 0 Å². The second kappa shape index (κ2) is 3.77. The minimum atomic E-state index is -0.850. The SMILES string of the molecule is CC(O)(Br)Cc1cccc(Cl)c1. The van der Waals surface area contributed by atoms with Crippen LogP contribution in [0.1, 0.15) is 12.5 Å². The highest BCUT2D eigenvalue weighted by Crippen LogP contribution is 2.21. The lowest BCUT2D eigenvalue weighted by Crippen LogP contribution is -2.17. The molecule has 1 aromatic rings. The van der Waals surface area contributed by atoms with Gasteiger partial charge in [-0.05, 0) is 24.6 Å². The lowest BCUT2D eigenvalue weighted by Gasteiger charge is -2.14. The maximum Gasteiger partial charge on any atom is 0.120 e. The van der Waals surface area contributed by atoms with E-state index in [9.17, 15) is 5.11 Å². The Bertz CT molecular complexity index is 267. The van der Waals surface area contributed by atoms with Gasteiger partial charge in [0.1, 0.15) is 4.51 Å². The van der Waals surface area contributed by atoms with Crippen molar-refractivity contribution in [2.45, 2.75) is 17.9 Å². The largest absolute Gasteiger partial charge is 0.379 e. The highest BCUT2D eigenvalue weighted by molar-refractivity contribution is 9.10. The molecule has 12 heavy (non-hydrogen) atoms. The topological polar surface area (TPSA) is 20.2 Å². The Hall–Kier alpha value is -0.0500. The predicted molar refractivity (Wildman–Crippen MR) is 54.7 cm³/mol. The summed E-state index contributed by atoms with van der Waals surface area (Å²) in [7, 11) is 0. The summed E-state index contributed by atoms with van der Waals surface area (Å²) >= 11 is 8.93. The molecule has 1 nitrogen and oxygen atoms in total. The summed E-state index contributed by atoms with van der Waals surface area (Å²) in [5, 5.41) is 10.1. The summed E-state index contributed by atoms with van der Waals surface area (Å²) in [4.78, 5) is 0. The molecule has 0 aliphatic carbocycles. The van der Waals surface area contributed by atoms with Crippen LogP contribution in [0.2, 0.25) is 5.02 Å². The third-order valence-electron chi connectivity index (χ3n) is 1.42. The van der Waals surface area contributed by atoms with E-state index in [-0.39, 0.29) is 0 Å². The van der Waals surface area contributed by atoms with Crippen molar-refractivity contribution in [3.63, 3.8) is 0 Å². The Morgan fingerprint density at radius 1 is 1.58 bits per heavy atom. The van der Waals surface area contributed by atoms with Crippen LogP contribution in [0.15, 0.2) is 24.3 Å². The normalized spacial score (nSPS) is 15.7. The highest BCUT2D eigenvalue weighted by atomic mass is 79.9. The van der Waals surface area contributed by atoms with Gasteiger partial charge < -0.3 is 5.11 Å². The average Bonchev–Trinajstić information content (AvgIpc) is 1.82. The van der Waals surface area contributed by atoms with Crippen LogP contribution in [0, 0.1) is 0 Å². The van der Waals surface area contributed by atoms with Crippen LogP contribution in [0.5, 0.6) is 0 Å². The summed E-state index contributed by atoms with van der Waals surface area (Å²) in [6, 6.07) is 7.46. The van der Waals surface area contributed by atoms with Crippen molar-refractivity contribution in [3.05, 3.63) is 34.9 Å². The lowest BCUT2D eigenvalue weighted by molar-refractivity contribution is 0.166. The van der Waals surface area contributed by atoms with Gasteiger partial charge in [0.25, 0.3) is 0 Å². The lowest BCUT2D eigenvalue weighted by atomic mass is 10.1. The standard InChI is InChI=1S/C9H10BrClO/c1-9(10,12)6-7-3-2-4-8(11)5-7/h2-5,12H,6H2,1H3. The molecule has 3 heteroatoms. The van der Waals surface area contributed by atoms with Crippen LogP contribution in [-0.4, -0.2) is 9.62 Å². The third-order valence-corrected chi connectivity index (χ3v) is 1.93. The van der Waals surface area contributed by atoms with Crippen molar-refractivity contribution in [2.75, 3.05) is 0 Å². The first kappa shape index (κ1) is 10.0. The smallest absolute Gasteiger partial charge is 0.120 e. The minimum Gasteiger partial charge on any atom is -0.379 e. The fourth-order valence-electron chi connectivity index (χ4n) is 1.02. The summed E-state index contributed by atoms with van der Waals surface area (Å²) in [6.07, 6.45) is 0.549. The van der Waals surface area contributed by atoms with Crippen LogP contribution in [0.4, 0.5) is 0 Å². The van der Waals surface area contributed by atoms with E-state index in [0.29, 0.717) is 11.4 Å². The Morgan fingerprint density at radius 2 is 2.25 bits per heavy atom. The molecule has 1 rings (SSSR count). The number of rotatable bonds is 2. The molecular formula is C9H10BrClO. The maximum absolute atomic E-state index is 9.44. The molecule has 0 heterocycles. The zero-order chi connectivity index (χ0) is 9.19. The molecule has 1 N–H and O–H groups in total. The molecule has 0 saturated heterocycles. The molecule has 0 bridgehead atoms. The first-order valence-corrected chi connectivity index (χ1v) is 4.80. The molecule has 0 saturated carbocycles. The molecule has 0 amide bonds. The Balaban J connectivity index is 2.77. The van der Waals surface area contributed by atoms with E-state index in [1.807, 2.05) is 24.3 Å². The molecule has 0 spiro atoms. The molecule has 1 aromatic carbocycles. The van der Waals surface area contributed by atoms with Gasteiger partial charge in [0.05, 0.1) is 0 Å². The van der Waals surface area contributed by atoms with Crippen molar-refractivity contribution >= 4 is 27.5 Å². The second-order valence-corrected chi connectivity index (χ2v) is 5.09. The number of alkyl halides is 1. The molecule has 0 radical (unpaired) electrons. The minimum absolute atomic E-state index is 0.549. The van der Waals surface area contributed by atoms with E-state index in [2.05, 4.69) is 15.9 Å². The molecule has 0 aliphatic heterocycles. The van der Waals surface area contributed by atoms with E-state index in [1.54, 1.807) is 6.92 Å². The summed E-state index contributed by atoms with van der Waals surface area (Å²) in [5.74, 6) is 0. The van der Waals surface area contributed by atoms with Gasteiger partial charge >= 0.3 is 0 Å². The van der Waals surface area contributed by atoms with E-state index >= 15 is 0 Å². The molecule has 1 unspecified atom stereocenters. The molecule has 1 atom stereocenters. The zero-order valence-electron chi connectivity index (χ0n) is 6.72. The van der Waals surface area contributed by atoms with E-state index in [4.69, 9.17) is 11.6 Å². The number of benzene rings is 1. The summed E-state index contributed by atoms with van der Waals surface area (Å²) in [5.41, 5.74) is 1.02. The van der Waals surface area contributed by atoms with Crippen molar-refractivity contribution < 1.29 is 5.11 Å². The number of hydrogen-bond donors (Lipinski definition) is 1. The van der Waals surface area contributed by atoms with Gasteiger partial charge in [-0.1, -0.05) is 39.7 Å². The first-order chi connectivity index (χ1) is 5.47. The Labute approximate surface area is 85.5 Å². The average molecular weight is 250 g/mol. The van der Waals surface area contributed by atoms with Crippen LogP contribution < -0.4 is 0 Å². The van der Waals surface area contributed by atoms with Gasteiger partial charge in [-0.2, -0.15) is 0 Å². The monoisotopic (exact) mass is 248 g/mol. The summed E-state index contributed by atoms with van der Waals surface area (Å²) in [6.45, 7) is 1.70. The first-order valence-electron chi connectivity index (χ1n) is 3.63. The van der Waals surface area contributed by atoms with Crippen LogP contribution in [0.3, 0.4) is 0 Å². The van der Waals surface area contributed by atoms with Crippen LogP contribution in [-0.2, 0) is 6.42 Å². The maximum atomic E-state index is 9.44.